The van der Waals surface area contributed by atoms with Crippen molar-refractivity contribution in [2.75, 3.05) is 23.9 Å². The monoisotopic (exact) mass is 644 g/mol. The lowest BCUT2D eigenvalue weighted by Crippen LogP contribution is -2.45. The SMILES string of the molecule is CCCCCCCCc1ccc(N(c2ccc(CCCCCCCC)cc2)C2(c3cccc(N(C)C)c3)OC(=O)c3ccccc32)cc1. The summed E-state index contributed by atoms with van der Waals surface area (Å²) in [6, 6.07) is 34.2. The molecule has 48 heavy (non-hydrogen) atoms. The van der Waals surface area contributed by atoms with Crippen LogP contribution in [-0.2, 0) is 23.3 Å². The minimum Gasteiger partial charge on any atom is -0.426 e. The highest BCUT2D eigenvalue weighted by Gasteiger charge is 2.52. The molecule has 0 fully saturated rings. The van der Waals surface area contributed by atoms with Gasteiger partial charge in [0.05, 0.1) is 5.56 Å². The number of unbranched alkanes of at least 4 members (excludes halogenated alkanes) is 10. The van der Waals surface area contributed by atoms with E-state index < -0.39 is 5.72 Å². The third-order valence-electron chi connectivity index (χ3n) is 9.85. The zero-order chi connectivity index (χ0) is 33.8. The molecule has 4 aromatic carbocycles. The average molecular weight is 645 g/mol. The third-order valence-corrected chi connectivity index (χ3v) is 9.85. The number of nitrogens with zero attached hydrogens (tertiary/aromatic N) is 2. The standard InChI is InChI=1S/C44H56N2O2/c1-5-7-9-11-13-15-20-35-26-30-38(31-27-35)46(39-32-28-36(29-33-39)21-16-14-12-10-8-6-2)44(37-22-19-23-40(34-37)45(3)4)42-25-18-17-24-41(42)43(47)48-44/h17-19,22-34H,5-16,20-21H2,1-4H3. The van der Waals surface area contributed by atoms with E-state index in [1.54, 1.807) is 0 Å². The van der Waals surface area contributed by atoms with Crippen LogP contribution in [0.15, 0.2) is 97.1 Å². The lowest BCUT2D eigenvalue weighted by Gasteiger charge is -2.42. The van der Waals surface area contributed by atoms with E-state index in [0.717, 1.165) is 41.0 Å². The molecule has 1 heterocycles. The van der Waals surface area contributed by atoms with Gasteiger partial charge < -0.3 is 9.64 Å². The first kappa shape index (κ1) is 35.3. The molecular weight excluding hydrogens is 588 g/mol. The number of ether oxygens (including phenoxy) is 1. The van der Waals surface area contributed by atoms with Gasteiger partial charge in [0.2, 0.25) is 5.72 Å². The maximum Gasteiger partial charge on any atom is 0.341 e. The van der Waals surface area contributed by atoms with Crippen LogP contribution < -0.4 is 9.80 Å². The summed E-state index contributed by atoms with van der Waals surface area (Å²) in [6.45, 7) is 4.54. The number of hydrogen-bond acceptors (Lipinski definition) is 4. The normalized spacial score (nSPS) is 15.3. The predicted molar refractivity (Wildman–Crippen MR) is 203 cm³/mol. The van der Waals surface area contributed by atoms with E-state index in [4.69, 9.17) is 4.74 Å². The Bertz CT molecular complexity index is 1520. The third kappa shape index (κ3) is 8.32. The summed E-state index contributed by atoms with van der Waals surface area (Å²) in [6.07, 6.45) is 17.6. The number of anilines is 3. The number of carbonyl (C=O) groups is 1. The van der Waals surface area contributed by atoms with E-state index in [-0.39, 0.29) is 5.97 Å². The Balaban J connectivity index is 1.53. The smallest absolute Gasteiger partial charge is 0.341 e. The van der Waals surface area contributed by atoms with Crippen molar-refractivity contribution < 1.29 is 9.53 Å². The lowest BCUT2D eigenvalue weighted by atomic mass is 9.89. The topological polar surface area (TPSA) is 32.8 Å². The second-order valence-electron chi connectivity index (χ2n) is 13.7. The van der Waals surface area contributed by atoms with Crippen molar-refractivity contribution in [3.8, 4) is 0 Å². The molecule has 0 saturated heterocycles. The number of benzene rings is 4. The fourth-order valence-electron chi connectivity index (χ4n) is 7.06. The van der Waals surface area contributed by atoms with Crippen LogP contribution in [0.3, 0.4) is 0 Å². The van der Waals surface area contributed by atoms with Crippen LogP contribution in [0.2, 0.25) is 0 Å². The summed E-state index contributed by atoms with van der Waals surface area (Å²) in [5.74, 6) is -0.301. The summed E-state index contributed by atoms with van der Waals surface area (Å²) in [4.78, 5) is 18.1. The van der Waals surface area contributed by atoms with Crippen LogP contribution in [0.5, 0.6) is 0 Å². The molecule has 0 aliphatic carbocycles. The highest BCUT2D eigenvalue weighted by Crippen LogP contribution is 2.50. The molecule has 0 saturated carbocycles. The zero-order valence-corrected chi connectivity index (χ0v) is 29.8. The highest BCUT2D eigenvalue weighted by molar-refractivity contribution is 5.97. The Labute approximate surface area is 290 Å². The molecule has 1 atom stereocenters. The molecule has 0 spiro atoms. The Hall–Kier alpha value is -4.05. The predicted octanol–water partition coefficient (Wildman–Crippen LogP) is 11.8. The second kappa shape index (κ2) is 17.4. The van der Waals surface area contributed by atoms with Gasteiger partial charge >= 0.3 is 5.97 Å². The number of cyclic esters (lactones) is 1. The van der Waals surface area contributed by atoms with E-state index in [0.29, 0.717) is 5.56 Å². The minimum absolute atomic E-state index is 0.301. The van der Waals surface area contributed by atoms with Crippen LogP contribution >= 0.6 is 0 Å². The number of hydrogen-bond donors (Lipinski definition) is 0. The van der Waals surface area contributed by atoms with Gasteiger partial charge in [-0.15, -0.1) is 0 Å². The summed E-state index contributed by atoms with van der Waals surface area (Å²) in [5, 5.41) is 0. The summed E-state index contributed by atoms with van der Waals surface area (Å²) in [5.41, 5.74) is 6.93. The van der Waals surface area contributed by atoms with Crippen molar-refractivity contribution in [1.82, 2.24) is 0 Å². The summed E-state index contributed by atoms with van der Waals surface area (Å²) < 4.78 is 6.66. The fraction of sp³-hybridized carbons (Fsp3) is 0.432. The molecule has 254 valence electrons. The molecule has 0 aromatic heterocycles. The molecule has 1 aliphatic rings. The van der Waals surface area contributed by atoms with E-state index in [1.165, 1.54) is 88.2 Å². The molecule has 0 N–H and O–H groups in total. The molecule has 5 rings (SSSR count). The molecule has 0 bridgehead atoms. The molecule has 0 radical (unpaired) electrons. The van der Waals surface area contributed by atoms with E-state index in [2.05, 4.69) is 103 Å². The van der Waals surface area contributed by atoms with Crippen molar-refractivity contribution in [3.05, 3.63) is 125 Å². The number of carbonyl (C=O) groups excluding carboxylic acids is 1. The van der Waals surface area contributed by atoms with Gasteiger partial charge in [-0.1, -0.05) is 133 Å². The van der Waals surface area contributed by atoms with Crippen molar-refractivity contribution >= 4 is 23.0 Å². The van der Waals surface area contributed by atoms with E-state index in [1.807, 2.05) is 32.3 Å². The van der Waals surface area contributed by atoms with E-state index >= 15 is 0 Å². The highest BCUT2D eigenvalue weighted by atomic mass is 16.6. The van der Waals surface area contributed by atoms with Gasteiger partial charge in [-0.3, -0.25) is 4.90 Å². The van der Waals surface area contributed by atoms with E-state index in [9.17, 15) is 4.79 Å². The van der Waals surface area contributed by atoms with Crippen molar-refractivity contribution in [2.45, 2.75) is 109 Å². The van der Waals surface area contributed by atoms with Crippen LogP contribution in [0, 0.1) is 0 Å². The molecule has 4 nitrogen and oxygen atoms in total. The Morgan fingerprint density at radius 2 is 1.08 bits per heavy atom. The lowest BCUT2D eigenvalue weighted by molar-refractivity contribution is 0.0134. The molecule has 1 aliphatic heterocycles. The van der Waals surface area contributed by atoms with Crippen LogP contribution in [0.25, 0.3) is 0 Å². The van der Waals surface area contributed by atoms with Crippen molar-refractivity contribution in [2.24, 2.45) is 0 Å². The number of fused-ring (bicyclic) bond motifs is 1. The Kier molecular flexibility index (Phi) is 12.8. The molecular formula is C44H56N2O2. The number of aryl methyl sites for hydroxylation is 2. The van der Waals surface area contributed by atoms with Crippen molar-refractivity contribution in [3.63, 3.8) is 0 Å². The van der Waals surface area contributed by atoms with Crippen molar-refractivity contribution in [1.29, 1.82) is 0 Å². The zero-order valence-electron chi connectivity index (χ0n) is 29.8. The molecule has 0 amide bonds. The second-order valence-corrected chi connectivity index (χ2v) is 13.7. The number of rotatable bonds is 19. The molecule has 4 aromatic rings. The van der Waals surface area contributed by atoms with Gasteiger partial charge in [0, 0.05) is 42.3 Å². The fourth-order valence-corrected chi connectivity index (χ4v) is 7.06. The first-order chi connectivity index (χ1) is 23.5. The van der Waals surface area contributed by atoms with Gasteiger partial charge in [0.25, 0.3) is 0 Å². The maximum absolute atomic E-state index is 13.7. The first-order valence-electron chi connectivity index (χ1n) is 18.6. The van der Waals surface area contributed by atoms with Crippen LogP contribution in [0.1, 0.15) is 124 Å². The van der Waals surface area contributed by atoms with Gasteiger partial charge in [0.1, 0.15) is 0 Å². The summed E-state index contributed by atoms with van der Waals surface area (Å²) >= 11 is 0. The average Bonchev–Trinajstić information content (AvgIpc) is 3.41. The Morgan fingerprint density at radius 1 is 0.562 bits per heavy atom. The van der Waals surface area contributed by atoms with Gasteiger partial charge in [-0.25, -0.2) is 4.79 Å². The maximum atomic E-state index is 13.7. The number of esters is 1. The molecule has 1 unspecified atom stereocenters. The largest absolute Gasteiger partial charge is 0.426 e. The van der Waals surface area contributed by atoms with Gasteiger partial charge in [-0.2, -0.15) is 0 Å². The van der Waals surface area contributed by atoms with Gasteiger partial charge in [0.15, 0.2) is 0 Å². The Morgan fingerprint density at radius 3 is 1.62 bits per heavy atom. The van der Waals surface area contributed by atoms with Gasteiger partial charge in [-0.05, 0) is 79.3 Å². The van der Waals surface area contributed by atoms with Crippen LogP contribution in [-0.4, -0.2) is 20.1 Å². The summed E-state index contributed by atoms with van der Waals surface area (Å²) in [7, 11) is 4.09. The van der Waals surface area contributed by atoms with Crippen LogP contribution in [0.4, 0.5) is 17.1 Å². The first-order valence-corrected chi connectivity index (χ1v) is 18.6. The molecule has 4 heteroatoms. The quantitative estimate of drug-likeness (QED) is 0.0751. The minimum atomic E-state index is -1.18.